The number of rotatable bonds is 7. The summed E-state index contributed by atoms with van der Waals surface area (Å²) in [6.07, 6.45) is 5.79. The molecule has 0 heterocycles. The first-order valence-electron chi connectivity index (χ1n) is 8.40. The molecular formula is C17H43I. The molecule has 1 atom stereocenters. The zero-order valence-corrected chi connectivity index (χ0v) is 17.4. The molecule has 0 N–H and O–H groups in total. The van der Waals surface area contributed by atoms with E-state index in [-0.39, 0.29) is 0 Å². The fraction of sp³-hybridized carbons (Fsp3) is 1.00. The number of halogens is 1. The van der Waals surface area contributed by atoms with Crippen molar-refractivity contribution in [2.24, 2.45) is 0 Å². The summed E-state index contributed by atoms with van der Waals surface area (Å²) in [5.41, 5.74) is 0. The molecule has 1 heteroatoms. The van der Waals surface area contributed by atoms with Crippen molar-refractivity contribution in [3.63, 3.8) is 0 Å². The van der Waals surface area contributed by atoms with E-state index in [0.29, 0.717) is 0 Å². The summed E-state index contributed by atoms with van der Waals surface area (Å²) >= 11 is -0.518. The third kappa shape index (κ3) is 19.1. The van der Waals surface area contributed by atoms with Gasteiger partial charge in [-0.15, -0.1) is 0 Å². The fourth-order valence-corrected chi connectivity index (χ4v) is 8.66. The summed E-state index contributed by atoms with van der Waals surface area (Å²) in [5.74, 6) is 0. The molecule has 18 heavy (non-hydrogen) atoms. The number of hydrogen-bond donors (Lipinski definition) is 0. The first kappa shape index (κ1) is 27.1. The molecule has 0 bridgehead atoms. The molecule has 0 aliphatic heterocycles. The maximum absolute atomic E-state index is 2.42. The molecule has 0 fully saturated rings. The molecule has 0 aromatic carbocycles. The quantitative estimate of drug-likeness (QED) is 0.318. The van der Waals surface area contributed by atoms with E-state index in [1.165, 1.54) is 30.1 Å². The van der Waals surface area contributed by atoms with E-state index in [2.05, 4.69) is 27.7 Å². The molecular weight excluding hydrogens is 331 g/mol. The van der Waals surface area contributed by atoms with Crippen LogP contribution in [-0.4, -0.2) is 12.8 Å². The minimum absolute atomic E-state index is 0.518. The van der Waals surface area contributed by atoms with Gasteiger partial charge in [0.15, 0.2) is 0 Å². The van der Waals surface area contributed by atoms with Crippen molar-refractivity contribution in [3.8, 4) is 0 Å². The van der Waals surface area contributed by atoms with E-state index in [1.807, 2.05) is 41.5 Å². The van der Waals surface area contributed by atoms with Crippen LogP contribution in [-0.2, 0) is 0 Å². The molecule has 1 unspecified atom stereocenters. The molecule has 0 radical (unpaired) electrons. The second-order valence-electron chi connectivity index (χ2n) is 3.25. The molecule has 0 aliphatic carbocycles. The van der Waals surface area contributed by atoms with Crippen LogP contribution < -0.4 is 0 Å². The van der Waals surface area contributed by atoms with Crippen molar-refractivity contribution in [2.75, 3.05) is 8.86 Å². The summed E-state index contributed by atoms with van der Waals surface area (Å²) < 4.78 is 4.29. The van der Waals surface area contributed by atoms with Crippen LogP contribution in [0.5, 0.6) is 0 Å². The van der Waals surface area contributed by atoms with Gasteiger partial charge in [-0.3, -0.25) is 0 Å². The van der Waals surface area contributed by atoms with E-state index in [1.54, 1.807) is 4.43 Å². The predicted molar refractivity (Wildman–Crippen MR) is 103 cm³/mol. The van der Waals surface area contributed by atoms with Gasteiger partial charge in [0, 0.05) is 0 Å². The van der Waals surface area contributed by atoms with Crippen molar-refractivity contribution >= 4 is 19.8 Å². The third-order valence-corrected chi connectivity index (χ3v) is 10.7. The molecule has 0 rings (SSSR count). The number of alkyl halides is 3. The van der Waals surface area contributed by atoms with E-state index in [4.69, 9.17) is 0 Å². The second-order valence-corrected chi connectivity index (χ2v) is 10.5. The van der Waals surface area contributed by atoms with Crippen LogP contribution in [0.4, 0.5) is 0 Å². The van der Waals surface area contributed by atoms with Gasteiger partial charge in [0.1, 0.15) is 0 Å². The zero-order valence-electron chi connectivity index (χ0n) is 15.2. The summed E-state index contributed by atoms with van der Waals surface area (Å²) in [5, 5.41) is 0. The van der Waals surface area contributed by atoms with Crippen LogP contribution in [0, 0.1) is 0 Å². The standard InChI is InChI=1S/C11H25I.3C2H6/c1-5-9-11(7-3)12(8-4)10-6-2;3*1-2/h11H,5-10H2,1-4H3;3*1-2H3. The Hall–Kier alpha value is 0.730. The van der Waals surface area contributed by atoms with Crippen LogP contribution in [0.15, 0.2) is 0 Å². The molecule has 0 nitrogen and oxygen atoms in total. The normalized spacial score (nSPS) is 10.7. The molecule has 0 amide bonds. The summed E-state index contributed by atoms with van der Waals surface area (Å²) in [7, 11) is 0. The summed E-state index contributed by atoms with van der Waals surface area (Å²) in [6, 6.07) is 0. The Morgan fingerprint density at radius 2 is 1.17 bits per heavy atom. The average Bonchev–Trinajstić information content (AvgIpc) is 2.49. The maximum atomic E-state index is 2.42. The van der Waals surface area contributed by atoms with Crippen LogP contribution in [0.2, 0.25) is 0 Å². The van der Waals surface area contributed by atoms with Crippen molar-refractivity contribution in [1.29, 1.82) is 0 Å². The second kappa shape index (κ2) is 30.6. The van der Waals surface area contributed by atoms with Crippen LogP contribution in [0.3, 0.4) is 0 Å². The van der Waals surface area contributed by atoms with Gasteiger partial charge in [0.05, 0.1) is 0 Å². The molecule has 0 spiro atoms. The van der Waals surface area contributed by atoms with E-state index >= 15 is 0 Å². The fourth-order valence-electron chi connectivity index (χ4n) is 1.64. The van der Waals surface area contributed by atoms with E-state index in [0.717, 1.165) is 3.92 Å². The topological polar surface area (TPSA) is 0 Å². The molecule has 0 saturated carbocycles. The summed E-state index contributed by atoms with van der Waals surface area (Å²) in [4.78, 5) is 0. The predicted octanol–water partition coefficient (Wildman–Crippen LogP) is 7.58. The van der Waals surface area contributed by atoms with Crippen molar-refractivity contribution in [1.82, 2.24) is 0 Å². The Balaban J connectivity index is -0.000000141. The van der Waals surface area contributed by atoms with Crippen molar-refractivity contribution in [2.45, 2.75) is 98.8 Å². The van der Waals surface area contributed by atoms with Crippen molar-refractivity contribution < 1.29 is 0 Å². The van der Waals surface area contributed by atoms with Gasteiger partial charge in [-0.25, -0.2) is 0 Å². The van der Waals surface area contributed by atoms with Gasteiger partial charge in [-0.05, 0) is 0 Å². The Morgan fingerprint density at radius 1 is 0.722 bits per heavy atom. The van der Waals surface area contributed by atoms with Gasteiger partial charge < -0.3 is 0 Å². The van der Waals surface area contributed by atoms with Crippen LogP contribution in [0.25, 0.3) is 0 Å². The van der Waals surface area contributed by atoms with Gasteiger partial charge in [0.25, 0.3) is 0 Å². The Labute approximate surface area is 127 Å². The Kier molecular flexibility index (Phi) is 46.2. The Morgan fingerprint density at radius 3 is 1.39 bits per heavy atom. The molecule has 0 aliphatic rings. The van der Waals surface area contributed by atoms with E-state index in [9.17, 15) is 0 Å². The van der Waals surface area contributed by atoms with Crippen molar-refractivity contribution in [3.05, 3.63) is 0 Å². The third-order valence-electron chi connectivity index (χ3n) is 2.26. The average molecular weight is 374 g/mol. The molecule has 0 saturated heterocycles. The van der Waals surface area contributed by atoms with Crippen LogP contribution in [0.1, 0.15) is 94.9 Å². The SMILES string of the molecule is CC.CC.CC.CCCC(CC)I(CC)CCC. The molecule has 118 valence electrons. The van der Waals surface area contributed by atoms with Gasteiger partial charge >= 0.3 is 86.0 Å². The molecule has 0 aromatic rings. The summed E-state index contributed by atoms with van der Waals surface area (Å²) in [6.45, 7) is 21.5. The number of hydrogen-bond acceptors (Lipinski definition) is 0. The first-order valence-corrected chi connectivity index (χ1v) is 12.7. The minimum atomic E-state index is -0.518. The molecule has 0 aromatic heterocycles. The van der Waals surface area contributed by atoms with Gasteiger partial charge in [-0.2, -0.15) is 0 Å². The zero-order chi connectivity index (χ0) is 15.4. The Bertz CT molecular complexity index is 79.6. The van der Waals surface area contributed by atoms with E-state index < -0.39 is 19.8 Å². The van der Waals surface area contributed by atoms with Gasteiger partial charge in [-0.1, -0.05) is 41.5 Å². The van der Waals surface area contributed by atoms with Crippen LogP contribution >= 0.6 is 19.8 Å². The first-order chi connectivity index (χ1) is 8.79. The monoisotopic (exact) mass is 374 g/mol. The van der Waals surface area contributed by atoms with Gasteiger partial charge in [0.2, 0.25) is 0 Å².